The summed E-state index contributed by atoms with van der Waals surface area (Å²) in [7, 11) is -0.604. The van der Waals surface area contributed by atoms with Gasteiger partial charge in [-0.2, -0.15) is 4.31 Å². The van der Waals surface area contributed by atoms with Crippen molar-refractivity contribution >= 4 is 27.3 Å². The molecule has 186 valence electrons. The second-order valence-electron chi connectivity index (χ2n) is 7.77. The van der Waals surface area contributed by atoms with Gasteiger partial charge in [-0.3, -0.25) is 4.79 Å². The van der Waals surface area contributed by atoms with Gasteiger partial charge in [-0.25, -0.2) is 8.42 Å². The molecule has 0 aliphatic carbocycles. The van der Waals surface area contributed by atoms with Crippen molar-refractivity contribution in [2.24, 2.45) is 0 Å². The minimum atomic E-state index is -3.70. The molecule has 10 heteroatoms. The van der Waals surface area contributed by atoms with E-state index in [-0.39, 0.29) is 17.2 Å². The maximum atomic E-state index is 13.2. The first-order valence-corrected chi connectivity index (χ1v) is 12.8. The lowest BCUT2D eigenvalue weighted by molar-refractivity contribution is -0.115. The molecule has 1 fully saturated rings. The van der Waals surface area contributed by atoms with Crippen LogP contribution < -0.4 is 19.7 Å². The Bertz CT molecular complexity index is 1100. The highest BCUT2D eigenvalue weighted by atomic mass is 32.2. The molecule has 2 aromatic carbocycles. The summed E-state index contributed by atoms with van der Waals surface area (Å²) in [5.41, 5.74) is 1.92. The van der Waals surface area contributed by atoms with Crippen LogP contribution >= 0.6 is 0 Å². The smallest absolute Gasteiger partial charge is 0.243 e. The van der Waals surface area contributed by atoms with Gasteiger partial charge >= 0.3 is 0 Å². The van der Waals surface area contributed by atoms with E-state index in [2.05, 4.69) is 10.2 Å². The third-order valence-corrected chi connectivity index (χ3v) is 7.69. The van der Waals surface area contributed by atoms with Crippen molar-refractivity contribution in [1.82, 2.24) is 4.31 Å². The number of ether oxygens (including phenoxy) is 3. The molecule has 1 saturated heterocycles. The minimum absolute atomic E-state index is 0.0608. The van der Waals surface area contributed by atoms with Gasteiger partial charge in [-0.05, 0) is 38.1 Å². The molecule has 1 N–H and O–H groups in total. The molecule has 1 amide bonds. The van der Waals surface area contributed by atoms with E-state index < -0.39 is 10.0 Å². The number of hydrogen-bond acceptors (Lipinski definition) is 7. The summed E-state index contributed by atoms with van der Waals surface area (Å²) in [4.78, 5) is 15.2. The van der Waals surface area contributed by atoms with Crippen LogP contribution in [0, 0.1) is 0 Å². The average molecular weight is 492 g/mol. The van der Waals surface area contributed by atoms with Crippen LogP contribution in [-0.4, -0.2) is 72.2 Å². The van der Waals surface area contributed by atoms with Crippen LogP contribution in [-0.2, 0) is 26.0 Å². The van der Waals surface area contributed by atoms with Crippen LogP contribution in [0.5, 0.6) is 11.5 Å². The molecule has 1 aliphatic heterocycles. The molecule has 0 bridgehead atoms. The quantitative estimate of drug-likeness (QED) is 0.546. The van der Waals surface area contributed by atoms with Gasteiger partial charge in [0.05, 0.1) is 50.1 Å². The number of anilines is 2. The van der Waals surface area contributed by atoms with E-state index in [1.54, 1.807) is 43.5 Å². The van der Waals surface area contributed by atoms with Crippen molar-refractivity contribution in [3.05, 3.63) is 42.0 Å². The Morgan fingerprint density at radius 2 is 1.76 bits per heavy atom. The lowest BCUT2D eigenvalue weighted by Gasteiger charge is -2.28. The molecule has 0 unspecified atom stereocenters. The highest BCUT2D eigenvalue weighted by molar-refractivity contribution is 7.89. The molecule has 0 spiro atoms. The number of morpholine rings is 1. The number of hydrogen-bond donors (Lipinski definition) is 1. The molecular formula is C24H33N3O6S. The van der Waals surface area contributed by atoms with Crippen molar-refractivity contribution in [3.63, 3.8) is 0 Å². The largest absolute Gasteiger partial charge is 0.497 e. The summed E-state index contributed by atoms with van der Waals surface area (Å²) in [5, 5.41) is 2.93. The van der Waals surface area contributed by atoms with Crippen molar-refractivity contribution < 1.29 is 27.4 Å². The third kappa shape index (κ3) is 5.81. The predicted octanol–water partition coefficient (Wildman–Crippen LogP) is 2.75. The van der Waals surface area contributed by atoms with Gasteiger partial charge in [0.1, 0.15) is 11.5 Å². The molecule has 1 aliphatic rings. The van der Waals surface area contributed by atoms with E-state index in [9.17, 15) is 13.2 Å². The fourth-order valence-electron chi connectivity index (χ4n) is 3.92. The van der Waals surface area contributed by atoms with Gasteiger partial charge < -0.3 is 24.4 Å². The molecule has 1 heterocycles. The highest BCUT2D eigenvalue weighted by Crippen LogP contribution is 2.31. The fourth-order valence-corrected chi connectivity index (χ4v) is 5.35. The lowest BCUT2D eigenvalue weighted by Crippen LogP contribution is -2.40. The topological polar surface area (TPSA) is 97.4 Å². The number of nitrogens with zero attached hydrogens (tertiary/aromatic N) is 2. The van der Waals surface area contributed by atoms with Crippen molar-refractivity contribution in [1.29, 1.82) is 0 Å². The molecule has 0 radical (unpaired) electrons. The molecule has 2 aromatic rings. The Kier molecular flexibility index (Phi) is 8.76. The molecule has 34 heavy (non-hydrogen) atoms. The van der Waals surface area contributed by atoms with Gasteiger partial charge in [0.15, 0.2) is 0 Å². The van der Waals surface area contributed by atoms with Crippen LogP contribution in [0.4, 0.5) is 11.4 Å². The molecule has 0 atom stereocenters. The van der Waals surface area contributed by atoms with E-state index in [1.165, 1.54) is 11.4 Å². The van der Waals surface area contributed by atoms with E-state index >= 15 is 0 Å². The first kappa shape index (κ1) is 25.8. The number of rotatable bonds is 10. The van der Waals surface area contributed by atoms with E-state index in [4.69, 9.17) is 14.2 Å². The summed E-state index contributed by atoms with van der Waals surface area (Å²) in [6, 6.07) is 10.2. The lowest BCUT2D eigenvalue weighted by atomic mass is 10.1. The second-order valence-corrected chi connectivity index (χ2v) is 9.71. The first-order chi connectivity index (χ1) is 16.3. The maximum Gasteiger partial charge on any atom is 0.243 e. The standard InChI is InChI=1S/C24H33N3O6S/c1-5-26(6-2)22-10-9-20(34(29,30)27-11-13-33-14-12-27)17-21(22)25-24(28)15-18-7-8-19(31-3)16-23(18)32-4/h7-10,16-17H,5-6,11-15H2,1-4H3,(H,25,28). The molecule has 3 rings (SSSR count). The average Bonchev–Trinajstić information content (AvgIpc) is 2.86. The Morgan fingerprint density at radius 3 is 2.38 bits per heavy atom. The van der Waals surface area contributed by atoms with Crippen molar-refractivity contribution in [2.45, 2.75) is 25.2 Å². The number of methoxy groups -OCH3 is 2. The predicted molar refractivity (Wildman–Crippen MR) is 131 cm³/mol. The highest BCUT2D eigenvalue weighted by Gasteiger charge is 2.27. The second kappa shape index (κ2) is 11.5. The summed E-state index contributed by atoms with van der Waals surface area (Å²) in [6.45, 7) is 6.78. The zero-order chi connectivity index (χ0) is 24.7. The van der Waals surface area contributed by atoms with Crippen molar-refractivity contribution in [2.75, 3.05) is 63.8 Å². The molecule has 0 saturated carbocycles. The van der Waals surface area contributed by atoms with Crippen LogP contribution in [0.2, 0.25) is 0 Å². The van der Waals surface area contributed by atoms with E-state index in [1.807, 2.05) is 13.8 Å². The van der Waals surface area contributed by atoms with Gasteiger partial charge in [-0.15, -0.1) is 0 Å². The monoisotopic (exact) mass is 491 g/mol. The zero-order valence-electron chi connectivity index (χ0n) is 20.2. The van der Waals surface area contributed by atoms with Gasteiger partial charge in [0.25, 0.3) is 0 Å². The van der Waals surface area contributed by atoms with E-state index in [0.717, 1.165) is 5.69 Å². The van der Waals surface area contributed by atoms with Crippen LogP contribution in [0.3, 0.4) is 0 Å². The maximum absolute atomic E-state index is 13.2. The molecular weight excluding hydrogens is 458 g/mol. The minimum Gasteiger partial charge on any atom is -0.497 e. The van der Waals surface area contributed by atoms with Crippen LogP contribution in [0.25, 0.3) is 0 Å². The Morgan fingerprint density at radius 1 is 1.06 bits per heavy atom. The number of benzene rings is 2. The normalized spacial score (nSPS) is 14.5. The first-order valence-electron chi connectivity index (χ1n) is 11.3. The Balaban J connectivity index is 1.91. The van der Waals surface area contributed by atoms with Crippen molar-refractivity contribution in [3.8, 4) is 11.5 Å². The summed E-state index contributed by atoms with van der Waals surface area (Å²) < 4.78 is 43.7. The SMILES string of the molecule is CCN(CC)c1ccc(S(=O)(=O)N2CCOCC2)cc1NC(=O)Cc1ccc(OC)cc1OC. The summed E-state index contributed by atoms with van der Waals surface area (Å²) in [6.07, 6.45) is 0.0608. The fraction of sp³-hybridized carbons (Fsp3) is 0.458. The number of nitrogens with one attached hydrogen (secondary N) is 1. The molecule has 0 aromatic heterocycles. The molecule has 9 nitrogen and oxygen atoms in total. The number of carbonyl (C=O) groups is 1. The number of carbonyl (C=O) groups excluding carboxylic acids is 1. The number of amides is 1. The summed E-state index contributed by atoms with van der Waals surface area (Å²) in [5.74, 6) is 0.894. The Labute approximate surface area is 201 Å². The van der Waals surface area contributed by atoms with Crippen LogP contribution in [0.15, 0.2) is 41.3 Å². The van der Waals surface area contributed by atoms with Gasteiger partial charge in [-0.1, -0.05) is 6.07 Å². The number of sulfonamides is 1. The zero-order valence-corrected chi connectivity index (χ0v) is 21.0. The van der Waals surface area contributed by atoms with Gasteiger partial charge in [0, 0.05) is 37.8 Å². The van der Waals surface area contributed by atoms with E-state index in [0.29, 0.717) is 62.1 Å². The van der Waals surface area contributed by atoms with Crippen LogP contribution in [0.1, 0.15) is 19.4 Å². The Hall–Kier alpha value is -2.82. The third-order valence-electron chi connectivity index (χ3n) is 5.80. The van der Waals surface area contributed by atoms with Gasteiger partial charge in [0.2, 0.25) is 15.9 Å². The summed E-state index contributed by atoms with van der Waals surface area (Å²) >= 11 is 0.